The lowest BCUT2D eigenvalue weighted by Gasteiger charge is -2.43. The summed E-state index contributed by atoms with van der Waals surface area (Å²) in [6.07, 6.45) is -1.89. The highest BCUT2D eigenvalue weighted by Gasteiger charge is 2.63. The fraction of sp³-hybridized carbons (Fsp3) is 0.688. The third-order valence-electron chi connectivity index (χ3n) is 4.65. The van der Waals surface area contributed by atoms with E-state index in [2.05, 4.69) is 23.7 Å². The van der Waals surface area contributed by atoms with Crippen LogP contribution in [0.3, 0.4) is 0 Å². The Balaban J connectivity index is 3.74. The zero-order valence-electron chi connectivity index (χ0n) is 15.5. The molecule has 11 heteroatoms. The number of hydrogen-bond acceptors (Lipinski definition) is 11. The normalized spacial score (nSPS) is 29.9. The van der Waals surface area contributed by atoms with E-state index >= 15 is 0 Å². The van der Waals surface area contributed by atoms with E-state index in [0.717, 1.165) is 35.5 Å². The average Bonchev–Trinajstić information content (AvgIpc) is 2.69. The first-order valence-corrected chi connectivity index (χ1v) is 7.78. The highest BCUT2D eigenvalue weighted by Crippen LogP contribution is 2.45. The van der Waals surface area contributed by atoms with Gasteiger partial charge >= 0.3 is 29.8 Å². The fourth-order valence-corrected chi connectivity index (χ4v) is 3.45. The average molecular weight is 390 g/mol. The number of rotatable bonds is 5. The molecule has 0 aromatic carbocycles. The third-order valence-corrected chi connectivity index (χ3v) is 4.65. The Morgan fingerprint density at radius 3 is 0.889 bits per heavy atom. The first kappa shape index (κ1) is 22.4. The molecule has 152 valence electrons. The molecule has 0 radical (unpaired) electrons. The molecule has 0 spiro atoms. The molecule has 0 aromatic rings. The van der Waals surface area contributed by atoms with E-state index < -0.39 is 65.5 Å². The second-order valence-corrected chi connectivity index (χ2v) is 5.74. The van der Waals surface area contributed by atoms with Gasteiger partial charge in [-0.1, -0.05) is 0 Å². The Morgan fingerprint density at radius 2 is 0.667 bits per heavy atom. The summed E-state index contributed by atoms with van der Waals surface area (Å²) in [6, 6.07) is 0. The summed E-state index contributed by atoms with van der Waals surface area (Å²) in [4.78, 5) is 61.7. The minimum atomic E-state index is -1.89. The Kier molecular flexibility index (Phi) is 7.70. The quantitative estimate of drug-likeness (QED) is 0.422. The van der Waals surface area contributed by atoms with Crippen molar-refractivity contribution in [3.8, 4) is 0 Å². The highest BCUT2D eigenvalue weighted by molar-refractivity contribution is 5.94. The van der Waals surface area contributed by atoms with Gasteiger partial charge in [-0.15, -0.1) is 0 Å². The lowest BCUT2D eigenvalue weighted by molar-refractivity contribution is -0.197. The molecule has 27 heavy (non-hydrogen) atoms. The molecule has 2 unspecified atom stereocenters. The van der Waals surface area contributed by atoms with Gasteiger partial charge in [-0.05, 0) is 0 Å². The van der Waals surface area contributed by atoms with Gasteiger partial charge in [0.1, 0.15) is 0 Å². The van der Waals surface area contributed by atoms with E-state index in [9.17, 15) is 29.1 Å². The standard InChI is InChI=1S/C16H22O11/c1-23-12(18)6-7(13(19)24-2)9(15(21)26-4)11(17)10(16(22)27-5)8(6)14(20)25-3/h6-11,17H,1-5H3/t6?,7-,8+,9+,10-,11?. The van der Waals surface area contributed by atoms with Crippen LogP contribution in [0.4, 0.5) is 0 Å². The minimum absolute atomic E-state index is 0.996. The summed E-state index contributed by atoms with van der Waals surface area (Å²) >= 11 is 0. The number of aliphatic hydroxyl groups is 1. The monoisotopic (exact) mass is 390 g/mol. The molecule has 0 aromatic heterocycles. The summed E-state index contributed by atoms with van der Waals surface area (Å²) in [5.74, 6) is -13.7. The number of carbonyl (C=O) groups is 5. The van der Waals surface area contributed by atoms with Crippen LogP contribution in [0.2, 0.25) is 0 Å². The third kappa shape index (κ3) is 4.02. The molecule has 0 saturated heterocycles. The maximum Gasteiger partial charge on any atom is 0.312 e. The van der Waals surface area contributed by atoms with Crippen LogP contribution in [0.15, 0.2) is 0 Å². The van der Waals surface area contributed by atoms with Crippen molar-refractivity contribution in [2.75, 3.05) is 35.5 Å². The van der Waals surface area contributed by atoms with Gasteiger partial charge in [-0.25, -0.2) is 0 Å². The molecule has 1 N–H and O–H groups in total. The molecule has 1 fully saturated rings. The van der Waals surface area contributed by atoms with E-state index in [-0.39, 0.29) is 0 Å². The van der Waals surface area contributed by atoms with Crippen LogP contribution in [0.5, 0.6) is 0 Å². The molecule has 1 saturated carbocycles. The molecule has 0 heterocycles. The van der Waals surface area contributed by atoms with Gasteiger partial charge in [0.05, 0.1) is 71.2 Å². The van der Waals surface area contributed by atoms with Crippen molar-refractivity contribution in [1.82, 2.24) is 0 Å². The van der Waals surface area contributed by atoms with Gasteiger partial charge in [0, 0.05) is 0 Å². The first-order valence-electron chi connectivity index (χ1n) is 7.78. The van der Waals surface area contributed by atoms with Crippen molar-refractivity contribution in [3.05, 3.63) is 0 Å². The van der Waals surface area contributed by atoms with Crippen molar-refractivity contribution in [3.63, 3.8) is 0 Å². The minimum Gasteiger partial charge on any atom is -0.469 e. The van der Waals surface area contributed by atoms with Crippen molar-refractivity contribution in [2.45, 2.75) is 6.10 Å². The van der Waals surface area contributed by atoms with Crippen LogP contribution in [-0.2, 0) is 47.7 Å². The smallest absolute Gasteiger partial charge is 0.312 e. The summed E-state index contributed by atoms with van der Waals surface area (Å²) in [6.45, 7) is 0. The van der Waals surface area contributed by atoms with Gasteiger partial charge in [0.15, 0.2) is 0 Å². The summed E-state index contributed by atoms with van der Waals surface area (Å²) in [5, 5.41) is 10.7. The molecule has 0 aliphatic heterocycles. The first-order chi connectivity index (χ1) is 12.7. The topological polar surface area (TPSA) is 152 Å². The SMILES string of the molecule is COC(=O)C1[C@@H](C(=O)OC)[C@H](C(=O)OC)C(O)[C@H](C(=O)OC)[C@H]1C(=O)OC. The number of esters is 5. The van der Waals surface area contributed by atoms with Gasteiger partial charge in [-0.3, -0.25) is 24.0 Å². The molecule has 11 nitrogen and oxygen atoms in total. The predicted molar refractivity (Wildman–Crippen MR) is 83.5 cm³/mol. The Labute approximate surface area is 154 Å². The molecule has 1 aliphatic carbocycles. The lowest BCUT2D eigenvalue weighted by Crippen LogP contribution is -2.61. The molecular formula is C16H22O11. The largest absolute Gasteiger partial charge is 0.469 e. The second kappa shape index (κ2) is 9.31. The predicted octanol–water partition coefficient (Wildman–Crippen LogP) is -1.69. The van der Waals surface area contributed by atoms with Gasteiger partial charge in [0.2, 0.25) is 0 Å². The van der Waals surface area contributed by atoms with Crippen LogP contribution < -0.4 is 0 Å². The van der Waals surface area contributed by atoms with E-state index in [1.54, 1.807) is 0 Å². The number of hydrogen-bond donors (Lipinski definition) is 1. The molecule has 0 amide bonds. The van der Waals surface area contributed by atoms with Crippen LogP contribution in [0.1, 0.15) is 0 Å². The maximum absolute atomic E-state index is 12.4. The number of carbonyl (C=O) groups excluding carboxylic acids is 5. The Morgan fingerprint density at radius 1 is 0.481 bits per heavy atom. The summed E-state index contributed by atoms with van der Waals surface area (Å²) in [5.41, 5.74) is 0. The van der Waals surface area contributed by atoms with Crippen molar-refractivity contribution >= 4 is 29.8 Å². The summed E-state index contributed by atoms with van der Waals surface area (Å²) < 4.78 is 23.1. The van der Waals surface area contributed by atoms with Crippen LogP contribution in [0.25, 0.3) is 0 Å². The number of ether oxygens (including phenoxy) is 5. The van der Waals surface area contributed by atoms with E-state index in [1.165, 1.54) is 0 Å². The number of methoxy groups -OCH3 is 5. The van der Waals surface area contributed by atoms with Crippen molar-refractivity contribution < 1.29 is 52.8 Å². The van der Waals surface area contributed by atoms with Crippen LogP contribution in [0, 0.1) is 29.6 Å². The molecule has 0 bridgehead atoms. The van der Waals surface area contributed by atoms with E-state index in [1.807, 2.05) is 0 Å². The van der Waals surface area contributed by atoms with Crippen molar-refractivity contribution in [1.29, 1.82) is 0 Å². The lowest BCUT2D eigenvalue weighted by atomic mass is 9.60. The zero-order chi connectivity index (χ0) is 20.9. The highest BCUT2D eigenvalue weighted by atomic mass is 16.5. The van der Waals surface area contributed by atoms with Gasteiger partial charge in [0.25, 0.3) is 0 Å². The summed E-state index contributed by atoms with van der Waals surface area (Å²) in [7, 11) is 4.98. The van der Waals surface area contributed by atoms with Crippen LogP contribution in [-0.4, -0.2) is 76.6 Å². The molecular weight excluding hydrogens is 368 g/mol. The molecule has 1 rings (SSSR count). The van der Waals surface area contributed by atoms with Crippen LogP contribution >= 0.6 is 0 Å². The molecule has 6 atom stereocenters. The second-order valence-electron chi connectivity index (χ2n) is 5.74. The zero-order valence-corrected chi connectivity index (χ0v) is 15.5. The fourth-order valence-electron chi connectivity index (χ4n) is 3.45. The van der Waals surface area contributed by atoms with Gasteiger partial charge in [-0.2, -0.15) is 0 Å². The van der Waals surface area contributed by atoms with Crippen molar-refractivity contribution in [2.24, 2.45) is 29.6 Å². The Hall–Kier alpha value is -2.69. The number of aliphatic hydroxyl groups excluding tert-OH is 1. The maximum atomic E-state index is 12.4. The van der Waals surface area contributed by atoms with Gasteiger partial charge < -0.3 is 28.8 Å². The van der Waals surface area contributed by atoms with E-state index in [0.29, 0.717) is 0 Å². The Bertz CT molecular complexity index is 569. The molecule has 1 aliphatic rings. The van der Waals surface area contributed by atoms with E-state index in [4.69, 9.17) is 0 Å².